The van der Waals surface area contributed by atoms with Crippen molar-refractivity contribution in [3.8, 4) is 28.1 Å². The summed E-state index contributed by atoms with van der Waals surface area (Å²) in [4.78, 5) is 18.1. The quantitative estimate of drug-likeness (QED) is 0.183. The highest BCUT2D eigenvalue weighted by Crippen LogP contribution is 2.37. The van der Waals surface area contributed by atoms with Crippen LogP contribution < -0.4 is 14.2 Å². The average molecular weight is 558 g/mol. The SMILES string of the molecule is COc1cc(OCc2cccc(CC(=O)c3cc(F)ccc3C)c2)c2cc(-c3cn4nc(OC)sc4n3)oc2c1. The minimum atomic E-state index is -0.423. The van der Waals surface area contributed by atoms with Crippen LogP contribution in [0.3, 0.4) is 0 Å². The molecule has 0 aliphatic carbocycles. The van der Waals surface area contributed by atoms with Crippen molar-refractivity contribution in [2.75, 3.05) is 14.2 Å². The Morgan fingerprint density at radius 2 is 1.90 bits per heavy atom. The second-order valence-electron chi connectivity index (χ2n) is 9.24. The molecule has 0 spiro atoms. The van der Waals surface area contributed by atoms with E-state index in [1.807, 2.05) is 30.3 Å². The van der Waals surface area contributed by atoms with E-state index in [4.69, 9.17) is 18.6 Å². The Bertz CT molecular complexity index is 1840. The summed E-state index contributed by atoms with van der Waals surface area (Å²) in [6.07, 6.45) is 1.94. The molecule has 40 heavy (non-hydrogen) atoms. The number of carbonyl (C=O) groups excluding carboxylic acids is 1. The Kier molecular flexibility index (Phi) is 6.69. The second-order valence-corrected chi connectivity index (χ2v) is 10.2. The normalized spacial score (nSPS) is 11.3. The Hall–Kier alpha value is -4.70. The Morgan fingerprint density at radius 3 is 2.70 bits per heavy atom. The topological polar surface area (TPSA) is 88.1 Å². The molecule has 3 aromatic carbocycles. The molecular weight excluding hydrogens is 533 g/mol. The van der Waals surface area contributed by atoms with Crippen LogP contribution in [0.5, 0.6) is 16.7 Å². The van der Waals surface area contributed by atoms with E-state index < -0.39 is 5.82 Å². The van der Waals surface area contributed by atoms with Gasteiger partial charge in [0.15, 0.2) is 11.5 Å². The van der Waals surface area contributed by atoms with E-state index in [1.54, 1.807) is 50.1 Å². The van der Waals surface area contributed by atoms with E-state index in [2.05, 4.69) is 10.1 Å². The number of benzene rings is 3. The molecule has 10 heteroatoms. The minimum absolute atomic E-state index is 0.136. The lowest BCUT2D eigenvalue weighted by Crippen LogP contribution is -2.07. The monoisotopic (exact) mass is 557 g/mol. The van der Waals surface area contributed by atoms with E-state index in [9.17, 15) is 9.18 Å². The zero-order chi connectivity index (χ0) is 27.8. The third-order valence-corrected chi connectivity index (χ3v) is 7.39. The molecule has 8 nitrogen and oxygen atoms in total. The standard InChI is InChI=1S/C30H24FN3O5S/c1-17-7-8-20(31)11-22(17)25(35)10-18-5-4-6-19(9-18)16-38-26-12-21(36-2)13-27-23(26)14-28(39-27)24-15-34-29(32-24)40-30(33-34)37-3/h4-9,11-15H,10,16H2,1-3H3. The maximum absolute atomic E-state index is 13.7. The van der Waals surface area contributed by atoms with Crippen molar-refractivity contribution in [3.63, 3.8) is 0 Å². The molecule has 6 aromatic rings. The van der Waals surface area contributed by atoms with Crippen molar-refractivity contribution in [2.24, 2.45) is 0 Å². The minimum Gasteiger partial charge on any atom is -0.496 e. The van der Waals surface area contributed by atoms with E-state index in [0.717, 1.165) is 22.1 Å². The van der Waals surface area contributed by atoms with Gasteiger partial charge in [0.25, 0.3) is 5.19 Å². The molecule has 3 aromatic heterocycles. The number of methoxy groups -OCH3 is 2. The molecule has 0 aliphatic heterocycles. The lowest BCUT2D eigenvalue weighted by atomic mass is 9.98. The molecule has 202 valence electrons. The largest absolute Gasteiger partial charge is 0.496 e. The summed E-state index contributed by atoms with van der Waals surface area (Å²) in [6.45, 7) is 2.06. The first-order valence-electron chi connectivity index (χ1n) is 12.4. The number of ether oxygens (including phenoxy) is 3. The number of hydrogen-bond acceptors (Lipinski definition) is 8. The predicted molar refractivity (Wildman–Crippen MR) is 149 cm³/mol. The van der Waals surface area contributed by atoms with Crippen molar-refractivity contribution in [2.45, 2.75) is 20.0 Å². The predicted octanol–water partition coefficient (Wildman–Crippen LogP) is 6.67. The summed E-state index contributed by atoms with van der Waals surface area (Å²) in [5, 5.41) is 5.61. The first kappa shape index (κ1) is 25.6. The molecule has 0 amide bonds. The van der Waals surface area contributed by atoms with Crippen LogP contribution in [0.4, 0.5) is 4.39 Å². The lowest BCUT2D eigenvalue weighted by Gasteiger charge is -2.11. The van der Waals surface area contributed by atoms with Crippen LogP contribution in [0, 0.1) is 12.7 Å². The van der Waals surface area contributed by atoms with Crippen LogP contribution in [0.15, 0.2) is 71.3 Å². The van der Waals surface area contributed by atoms with Crippen LogP contribution in [0.2, 0.25) is 0 Å². The second kappa shape index (κ2) is 10.5. The molecular formula is C30H24FN3O5S. The number of hydrogen-bond donors (Lipinski definition) is 0. The van der Waals surface area contributed by atoms with Crippen molar-refractivity contribution >= 4 is 33.1 Å². The molecule has 0 saturated carbocycles. The third-order valence-electron chi connectivity index (χ3n) is 6.51. The molecule has 0 radical (unpaired) electrons. The number of nitrogens with zero attached hydrogens (tertiary/aromatic N) is 3. The van der Waals surface area contributed by atoms with Gasteiger partial charge in [-0.1, -0.05) is 30.3 Å². The molecule has 0 aliphatic rings. The number of ketones is 1. The summed E-state index contributed by atoms with van der Waals surface area (Å²) < 4.78 is 38.3. The molecule has 0 atom stereocenters. The molecule has 0 fully saturated rings. The molecule has 3 heterocycles. The van der Waals surface area contributed by atoms with E-state index in [1.165, 1.54) is 23.5 Å². The van der Waals surface area contributed by atoms with Crippen molar-refractivity contribution in [1.29, 1.82) is 0 Å². The number of halogens is 1. The Morgan fingerprint density at radius 1 is 1.05 bits per heavy atom. The number of furan rings is 1. The summed E-state index contributed by atoms with van der Waals surface area (Å²) in [6, 6.07) is 17.4. The molecule has 0 bridgehead atoms. The highest BCUT2D eigenvalue weighted by molar-refractivity contribution is 7.18. The first-order valence-corrected chi connectivity index (χ1v) is 13.2. The van der Waals surface area contributed by atoms with Crippen LogP contribution in [-0.4, -0.2) is 34.6 Å². The fourth-order valence-corrected chi connectivity index (χ4v) is 5.19. The number of aryl methyl sites for hydroxylation is 1. The van der Waals surface area contributed by atoms with Gasteiger partial charge in [-0.2, -0.15) is 0 Å². The number of carbonyl (C=O) groups is 1. The lowest BCUT2D eigenvalue weighted by molar-refractivity contribution is 0.0992. The van der Waals surface area contributed by atoms with Crippen LogP contribution in [-0.2, 0) is 13.0 Å². The molecule has 0 unspecified atom stereocenters. The number of Topliss-reactive ketones (excluding diaryl/α,β-unsaturated/α-hetero) is 1. The first-order chi connectivity index (χ1) is 19.4. The van der Waals surface area contributed by atoms with Gasteiger partial charge in [0.2, 0.25) is 4.96 Å². The summed E-state index contributed by atoms with van der Waals surface area (Å²) in [5.41, 5.74) is 4.07. The number of aromatic nitrogens is 3. The summed E-state index contributed by atoms with van der Waals surface area (Å²) in [5.74, 6) is 1.18. The molecule has 0 N–H and O–H groups in total. The number of rotatable bonds is 9. The van der Waals surface area contributed by atoms with Gasteiger partial charge in [-0.05, 0) is 53.1 Å². The van der Waals surface area contributed by atoms with Crippen LogP contribution in [0.25, 0.3) is 27.4 Å². The number of imidazole rings is 1. The summed E-state index contributed by atoms with van der Waals surface area (Å²) in [7, 11) is 3.15. The Balaban J connectivity index is 1.23. The Labute approximate surface area is 232 Å². The summed E-state index contributed by atoms with van der Waals surface area (Å²) >= 11 is 1.33. The zero-order valence-corrected chi connectivity index (χ0v) is 22.8. The highest BCUT2D eigenvalue weighted by atomic mass is 32.1. The molecule has 0 saturated heterocycles. The van der Waals surface area contributed by atoms with E-state index in [-0.39, 0.29) is 18.8 Å². The maximum Gasteiger partial charge on any atom is 0.294 e. The van der Waals surface area contributed by atoms with Gasteiger partial charge in [0.05, 0.1) is 25.8 Å². The van der Waals surface area contributed by atoms with Crippen molar-refractivity contribution in [1.82, 2.24) is 14.6 Å². The zero-order valence-electron chi connectivity index (χ0n) is 21.9. The highest BCUT2D eigenvalue weighted by Gasteiger charge is 2.18. The van der Waals surface area contributed by atoms with Gasteiger partial charge in [-0.25, -0.2) is 13.9 Å². The van der Waals surface area contributed by atoms with E-state index in [0.29, 0.717) is 44.3 Å². The fourth-order valence-electron chi connectivity index (χ4n) is 4.50. The van der Waals surface area contributed by atoms with Crippen LogP contribution >= 0.6 is 11.3 Å². The van der Waals surface area contributed by atoms with Crippen LogP contribution in [0.1, 0.15) is 27.0 Å². The van der Waals surface area contributed by atoms with Gasteiger partial charge in [-0.3, -0.25) is 4.79 Å². The van der Waals surface area contributed by atoms with Crippen molar-refractivity contribution in [3.05, 3.63) is 94.9 Å². The van der Waals surface area contributed by atoms with E-state index >= 15 is 0 Å². The average Bonchev–Trinajstić information content (AvgIpc) is 3.66. The van der Waals surface area contributed by atoms with Gasteiger partial charge in [-0.15, -0.1) is 5.10 Å². The maximum atomic E-state index is 13.7. The van der Waals surface area contributed by atoms with Gasteiger partial charge in [0, 0.05) is 24.1 Å². The van der Waals surface area contributed by atoms with Gasteiger partial charge in [0.1, 0.15) is 35.2 Å². The molecule has 6 rings (SSSR count). The van der Waals surface area contributed by atoms with Gasteiger partial charge < -0.3 is 18.6 Å². The van der Waals surface area contributed by atoms with Crippen molar-refractivity contribution < 1.29 is 27.8 Å². The smallest absolute Gasteiger partial charge is 0.294 e. The fraction of sp³-hybridized carbons (Fsp3) is 0.167. The van der Waals surface area contributed by atoms with Gasteiger partial charge >= 0.3 is 0 Å². The third kappa shape index (κ3) is 5.01. The number of fused-ring (bicyclic) bond motifs is 2.